The molecule has 0 rings (SSSR count). The molecule has 0 saturated carbocycles. The fourth-order valence-electron chi connectivity index (χ4n) is 0.157. The largest absolute Gasteiger partial charge is 0.507 e. The van der Waals surface area contributed by atoms with Crippen molar-refractivity contribution in [1.82, 2.24) is 0 Å². The van der Waals surface area contributed by atoms with Crippen LogP contribution in [0.3, 0.4) is 0 Å². The van der Waals surface area contributed by atoms with Crippen LogP contribution in [-0.4, -0.2) is 29.7 Å². The van der Waals surface area contributed by atoms with Crippen molar-refractivity contribution in [3.05, 3.63) is 12.7 Å². The Kier molecular flexibility index (Phi) is 115. The number of carbonyl (C=O) groups is 1. The average Bonchev–Trinajstić information content (AvgIpc) is 1.93. The summed E-state index contributed by atoms with van der Waals surface area (Å²) in [5, 5.41) is 15.0. The molecule has 0 aromatic carbocycles. The summed E-state index contributed by atoms with van der Waals surface area (Å²) in [4.78, 5) is 9.88. The second-order valence-corrected chi connectivity index (χ2v) is 1.53. The van der Waals surface area contributed by atoms with Crippen LogP contribution in [0.15, 0.2) is 6.58 Å². The van der Waals surface area contributed by atoms with E-state index in [2.05, 4.69) is 12.7 Å². The zero-order valence-corrected chi connectivity index (χ0v) is 17.7. The Morgan fingerprint density at radius 3 is 1.50 bits per heavy atom. The summed E-state index contributed by atoms with van der Waals surface area (Å²) in [6.07, 6.45) is 2.79. The van der Waals surface area contributed by atoms with Crippen LogP contribution in [0.2, 0.25) is 0 Å². The van der Waals surface area contributed by atoms with E-state index < -0.39 is 0 Å². The number of hydrogen-bond donors (Lipinski definition) is 2. The fourth-order valence-corrected chi connectivity index (χ4v) is 0.157. The first-order valence-corrected chi connectivity index (χ1v) is 3.17. The van der Waals surface area contributed by atoms with Crippen LogP contribution in [0.4, 0.5) is 0 Å². The van der Waals surface area contributed by atoms with Crippen LogP contribution in [-0.2, 0) is 103 Å². The smallest absolute Gasteiger partial charge is 0.132 e. The Morgan fingerprint density at radius 1 is 1.29 bits per heavy atom. The molecule has 0 amide bonds. The first-order valence-electron chi connectivity index (χ1n) is 3.17. The molecule has 0 aromatic rings. The van der Waals surface area contributed by atoms with E-state index in [0.717, 1.165) is 7.11 Å². The van der Waals surface area contributed by atoms with E-state index in [4.69, 9.17) is 10.2 Å². The number of aliphatic hydroxyl groups excluding tert-OH is 2. The molecule has 0 fully saturated rings. The van der Waals surface area contributed by atoms with E-state index in [9.17, 15) is 4.79 Å². The molecule has 0 atom stereocenters. The molecule has 3 radical (unpaired) electrons. The Labute approximate surface area is 163 Å². The van der Waals surface area contributed by atoms with Crippen LogP contribution in [0.5, 0.6) is 0 Å². The zero-order valence-electron chi connectivity index (χ0n) is 9.16. The third kappa shape index (κ3) is 85.6. The minimum absolute atomic E-state index is 0. The number of rotatable bonds is 2. The topological polar surface area (TPSA) is 57.5 Å². The Bertz CT molecular complexity index is 89.9. The van der Waals surface area contributed by atoms with Crippen molar-refractivity contribution in [1.29, 1.82) is 0 Å². The quantitative estimate of drug-likeness (QED) is 0.633. The van der Waals surface area contributed by atoms with Gasteiger partial charge in [-0.15, -0.1) is 0 Å². The van der Waals surface area contributed by atoms with Crippen molar-refractivity contribution >= 4 is 5.78 Å². The van der Waals surface area contributed by atoms with Gasteiger partial charge in [0.15, 0.2) is 0 Å². The number of ketones is 1. The Balaban J connectivity index is -0.0000000178. The van der Waals surface area contributed by atoms with Gasteiger partial charge in [0.05, 0.1) is 0 Å². The van der Waals surface area contributed by atoms with Gasteiger partial charge in [-0.05, 0) is 6.92 Å². The number of hydrogen-bond acceptors (Lipinski definition) is 3. The summed E-state index contributed by atoms with van der Waals surface area (Å²) in [5.74, 6) is 0.0394. The maximum absolute atomic E-state index is 9.88. The van der Waals surface area contributed by atoms with Gasteiger partial charge < -0.3 is 16.3 Å². The molecule has 0 spiro atoms. The minimum Gasteiger partial charge on any atom is -0.507 e. The predicted molar refractivity (Wildman–Crippen MR) is 45.1 cm³/mol. The van der Waals surface area contributed by atoms with Gasteiger partial charge in [-0.2, -0.15) is 6.92 Å². The van der Waals surface area contributed by atoms with E-state index in [0.29, 0.717) is 6.42 Å². The molecule has 2 N–H and O–H groups in total. The van der Waals surface area contributed by atoms with E-state index in [1.165, 1.54) is 6.92 Å². The molecule has 0 saturated heterocycles. The molecule has 0 aromatic heterocycles. The summed E-state index contributed by atoms with van der Waals surface area (Å²) in [6, 6.07) is 0. The van der Waals surface area contributed by atoms with Crippen LogP contribution in [0.25, 0.3) is 0 Å². The minimum atomic E-state index is -0.0185. The first-order chi connectivity index (χ1) is 5.18. The van der Waals surface area contributed by atoms with Crippen LogP contribution in [0.1, 0.15) is 20.3 Å². The van der Waals surface area contributed by atoms with Gasteiger partial charge in [0.25, 0.3) is 0 Å². The maximum Gasteiger partial charge on any atom is 0.132 e. The normalized spacial score (nSPS) is 4.93. The standard InChI is InChI=1S/C4H8O2.C3H5.CH4O.3Y/c1-4(6)2-3-5;1-3-2;1-2;;;/h5H,2-3H2,1H3;1H2,2H3;2H,1H3;;;/q;-1;;;;. The number of Topliss-reactive ketones (excluding diaryl/α,β-unsaturated/α-hetero) is 1. The number of carbonyl (C=O) groups excluding carboxylic acids is 1. The van der Waals surface area contributed by atoms with Gasteiger partial charge in [0.1, 0.15) is 5.78 Å². The van der Waals surface area contributed by atoms with Crippen molar-refractivity contribution in [2.24, 2.45) is 0 Å². The maximum atomic E-state index is 9.88. The predicted octanol–water partition coefficient (Wildman–Crippen LogP) is 0.554. The molecule has 0 bridgehead atoms. The van der Waals surface area contributed by atoms with Crippen molar-refractivity contribution < 1.29 is 113 Å². The van der Waals surface area contributed by atoms with Crippen LogP contribution >= 0.6 is 0 Å². The zero-order chi connectivity index (χ0) is 9.70. The second-order valence-electron chi connectivity index (χ2n) is 1.53. The molecular formula is C8H17O3Y3-. The summed E-state index contributed by atoms with van der Waals surface area (Å²) < 4.78 is 0. The van der Waals surface area contributed by atoms with Gasteiger partial charge >= 0.3 is 0 Å². The summed E-state index contributed by atoms with van der Waals surface area (Å²) >= 11 is 0. The number of aliphatic hydroxyl groups is 2. The molecule has 3 nitrogen and oxygen atoms in total. The molecule has 14 heavy (non-hydrogen) atoms. The van der Waals surface area contributed by atoms with Crippen LogP contribution in [0, 0.1) is 6.08 Å². The van der Waals surface area contributed by atoms with Crippen molar-refractivity contribution in [2.75, 3.05) is 13.7 Å². The summed E-state index contributed by atoms with van der Waals surface area (Å²) in [6.45, 7) is 6.44. The third-order valence-electron chi connectivity index (χ3n) is 0.464. The molecule has 0 aliphatic rings. The van der Waals surface area contributed by atoms with E-state index in [1.807, 2.05) is 0 Å². The molecule has 0 unspecified atom stereocenters. The summed E-state index contributed by atoms with van der Waals surface area (Å²) in [5.41, 5.74) is 0. The van der Waals surface area contributed by atoms with Gasteiger partial charge in [-0.1, -0.05) is 0 Å². The second kappa shape index (κ2) is 44.9. The molecular weight excluding hydrogens is 411 g/mol. The fraction of sp³-hybridized carbons (Fsp3) is 0.625. The van der Waals surface area contributed by atoms with Gasteiger partial charge in [0, 0.05) is 118 Å². The van der Waals surface area contributed by atoms with Gasteiger partial charge in [-0.25, -0.2) is 0 Å². The molecule has 0 aliphatic carbocycles. The van der Waals surface area contributed by atoms with Crippen molar-refractivity contribution in [3.8, 4) is 0 Å². The van der Waals surface area contributed by atoms with Crippen molar-refractivity contribution in [2.45, 2.75) is 20.3 Å². The molecule has 0 aliphatic heterocycles. The SMILES string of the molecule is C=[C-]C.CC(=O)CCO.CO.[Y].[Y].[Y]. The summed E-state index contributed by atoms with van der Waals surface area (Å²) in [7, 11) is 1.00. The number of allylic oxidation sites excluding steroid dienone is 1. The van der Waals surface area contributed by atoms with Gasteiger partial charge in [-0.3, -0.25) is 11.4 Å². The first kappa shape index (κ1) is 36.0. The molecule has 77 valence electrons. The third-order valence-corrected chi connectivity index (χ3v) is 0.464. The van der Waals surface area contributed by atoms with E-state index in [1.54, 1.807) is 6.92 Å². The van der Waals surface area contributed by atoms with Crippen molar-refractivity contribution in [3.63, 3.8) is 0 Å². The van der Waals surface area contributed by atoms with Gasteiger partial charge in [0.2, 0.25) is 0 Å². The van der Waals surface area contributed by atoms with E-state index in [-0.39, 0.29) is 111 Å². The molecule has 0 heterocycles. The van der Waals surface area contributed by atoms with Crippen LogP contribution < -0.4 is 0 Å². The molecule has 6 heteroatoms. The van der Waals surface area contributed by atoms with E-state index >= 15 is 0 Å². The Morgan fingerprint density at radius 2 is 1.50 bits per heavy atom. The average molecular weight is 428 g/mol. The monoisotopic (exact) mass is 428 g/mol. The Hall–Kier alpha value is 2.64.